The normalized spacial score (nSPS) is 10.3. The van der Waals surface area contributed by atoms with Crippen LogP contribution < -0.4 is 16.4 Å². The Morgan fingerprint density at radius 2 is 1.88 bits per heavy atom. The van der Waals surface area contributed by atoms with E-state index in [1.807, 2.05) is 30.3 Å². The van der Waals surface area contributed by atoms with Crippen molar-refractivity contribution >= 4 is 23.1 Å². The fourth-order valence-electron chi connectivity index (χ4n) is 2.38. The molecule has 0 aliphatic heterocycles. The molecule has 0 aliphatic carbocycles. The average Bonchev–Trinajstić information content (AvgIpc) is 2.61. The SMILES string of the molecule is NC(=O)c1cnc(Nc2ccccc2)cc1NCc1cccc(F)c1. The highest BCUT2D eigenvalue weighted by Gasteiger charge is 2.10. The van der Waals surface area contributed by atoms with E-state index in [-0.39, 0.29) is 11.4 Å². The van der Waals surface area contributed by atoms with Crippen LogP contribution in [-0.4, -0.2) is 10.9 Å². The van der Waals surface area contributed by atoms with Crippen LogP contribution in [0.3, 0.4) is 0 Å². The molecule has 1 heterocycles. The van der Waals surface area contributed by atoms with Crippen molar-refractivity contribution in [1.82, 2.24) is 4.98 Å². The Labute approximate surface area is 144 Å². The lowest BCUT2D eigenvalue weighted by Crippen LogP contribution is -2.15. The minimum atomic E-state index is -0.583. The van der Waals surface area contributed by atoms with E-state index in [1.54, 1.807) is 18.2 Å². The summed E-state index contributed by atoms with van der Waals surface area (Å²) in [5, 5.41) is 6.27. The van der Waals surface area contributed by atoms with Crippen LogP contribution in [0.5, 0.6) is 0 Å². The van der Waals surface area contributed by atoms with Gasteiger partial charge < -0.3 is 16.4 Å². The second-order valence-electron chi connectivity index (χ2n) is 5.45. The van der Waals surface area contributed by atoms with E-state index in [0.29, 0.717) is 18.1 Å². The van der Waals surface area contributed by atoms with Crippen molar-refractivity contribution in [3.63, 3.8) is 0 Å². The highest BCUT2D eigenvalue weighted by molar-refractivity contribution is 5.98. The minimum Gasteiger partial charge on any atom is -0.380 e. The summed E-state index contributed by atoms with van der Waals surface area (Å²) in [6, 6.07) is 17.5. The molecule has 4 N–H and O–H groups in total. The van der Waals surface area contributed by atoms with Gasteiger partial charge in [-0.15, -0.1) is 0 Å². The molecule has 5 nitrogen and oxygen atoms in total. The van der Waals surface area contributed by atoms with Crippen molar-refractivity contribution in [3.8, 4) is 0 Å². The highest BCUT2D eigenvalue weighted by Crippen LogP contribution is 2.22. The number of anilines is 3. The van der Waals surface area contributed by atoms with Gasteiger partial charge in [-0.25, -0.2) is 9.37 Å². The Morgan fingerprint density at radius 1 is 1.08 bits per heavy atom. The van der Waals surface area contributed by atoms with Crippen molar-refractivity contribution in [3.05, 3.63) is 83.8 Å². The van der Waals surface area contributed by atoms with E-state index in [9.17, 15) is 9.18 Å². The van der Waals surface area contributed by atoms with E-state index in [4.69, 9.17) is 5.73 Å². The molecule has 0 aliphatic rings. The lowest BCUT2D eigenvalue weighted by Gasteiger charge is -2.13. The Morgan fingerprint density at radius 3 is 2.60 bits per heavy atom. The average molecular weight is 336 g/mol. The third-order valence-electron chi connectivity index (χ3n) is 3.59. The van der Waals surface area contributed by atoms with Gasteiger partial charge in [0.15, 0.2) is 0 Å². The smallest absolute Gasteiger partial charge is 0.252 e. The molecule has 126 valence electrons. The second-order valence-corrected chi connectivity index (χ2v) is 5.45. The van der Waals surface area contributed by atoms with E-state index in [0.717, 1.165) is 11.3 Å². The number of halogens is 1. The number of primary amides is 1. The molecule has 0 saturated carbocycles. The van der Waals surface area contributed by atoms with Gasteiger partial charge in [-0.1, -0.05) is 30.3 Å². The van der Waals surface area contributed by atoms with Crippen molar-refractivity contribution < 1.29 is 9.18 Å². The first-order valence-corrected chi connectivity index (χ1v) is 7.72. The molecule has 0 atom stereocenters. The molecule has 3 aromatic rings. The topological polar surface area (TPSA) is 80.0 Å². The Bertz CT molecular complexity index is 884. The van der Waals surface area contributed by atoms with E-state index < -0.39 is 5.91 Å². The highest BCUT2D eigenvalue weighted by atomic mass is 19.1. The first-order valence-electron chi connectivity index (χ1n) is 7.72. The fraction of sp³-hybridized carbons (Fsp3) is 0.0526. The number of benzene rings is 2. The summed E-state index contributed by atoms with van der Waals surface area (Å²) in [6.45, 7) is 0.354. The zero-order chi connectivity index (χ0) is 17.6. The maximum atomic E-state index is 13.3. The van der Waals surface area contributed by atoms with Gasteiger partial charge in [0.25, 0.3) is 5.91 Å². The van der Waals surface area contributed by atoms with E-state index in [1.165, 1.54) is 18.3 Å². The Hall–Kier alpha value is -3.41. The summed E-state index contributed by atoms with van der Waals surface area (Å²) >= 11 is 0. The minimum absolute atomic E-state index is 0.273. The molecule has 0 fully saturated rings. The van der Waals surface area contributed by atoms with Gasteiger partial charge >= 0.3 is 0 Å². The summed E-state index contributed by atoms with van der Waals surface area (Å²) in [5.74, 6) is -0.325. The van der Waals surface area contributed by atoms with Gasteiger partial charge in [0.05, 0.1) is 11.3 Å². The van der Waals surface area contributed by atoms with Gasteiger partial charge in [-0.3, -0.25) is 4.79 Å². The van der Waals surface area contributed by atoms with Crippen LogP contribution in [0.25, 0.3) is 0 Å². The number of para-hydroxylation sites is 1. The largest absolute Gasteiger partial charge is 0.380 e. The lowest BCUT2D eigenvalue weighted by atomic mass is 10.2. The monoisotopic (exact) mass is 336 g/mol. The fourth-order valence-corrected chi connectivity index (χ4v) is 2.38. The standard InChI is InChI=1S/C19H17FN4O/c20-14-6-4-5-13(9-14)11-22-17-10-18(23-12-16(17)19(21)25)24-15-7-2-1-3-8-15/h1-10,12H,11H2,(H2,21,25)(H2,22,23,24). The number of hydrogen-bond donors (Lipinski definition) is 3. The maximum Gasteiger partial charge on any atom is 0.252 e. The lowest BCUT2D eigenvalue weighted by molar-refractivity contribution is 0.100. The first kappa shape index (κ1) is 16.4. The van der Waals surface area contributed by atoms with Gasteiger partial charge in [0.1, 0.15) is 11.6 Å². The van der Waals surface area contributed by atoms with Crippen LogP contribution >= 0.6 is 0 Å². The number of amides is 1. The zero-order valence-corrected chi connectivity index (χ0v) is 13.4. The summed E-state index contributed by atoms with van der Waals surface area (Å²) in [6.07, 6.45) is 1.42. The van der Waals surface area contributed by atoms with Gasteiger partial charge in [0, 0.05) is 24.5 Å². The molecule has 3 rings (SSSR count). The number of pyridine rings is 1. The number of hydrogen-bond acceptors (Lipinski definition) is 4. The quantitative estimate of drug-likeness (QED) is 0.641. The summed E-state index contributed by atoms with van der Waals surface area (Å²) in [7, 11) is 0. The molecular weight excluding hydrogens is 319 g/mol. The van der Waals surface area contributed by atoms with Crippen LogP contribution in [0.2, 0.25) is 0 Å². The Kier molecular flexibility index (Phi) is 4.89. The van der Waals surface area contributed by atoms with Crippen LogP contribution in [0.1, 0.15) is 15.9 Å². The summed E-state index contributed by atoms with van der Waals surface area (Å²) in [5.41, 5.74) is 7.84. The molecule has 0 bridgehead atoms. The number of carbonyl (C=O) groups excluding carboxylic acids is 1. The van der Waals surface area contributed by atoms with Gasteiger partial charge in [-0.2, -0.15) is 0 Å². The number of nitrogens with one attached hydrogen (secondary N) is 2. The maximum absolute atomic E-state index is 13.3. The van der Waals surface area contributed by atoms with E-state index >= 15 is 0 Å². The van der Waals surface area contributed by atoms with Crippen LogP contribution in [-0.2, 0) is 6.54 Å². The molecule has 0 saturated heterocycles. The molecule has 1 aromatic heterocycles. The molecule has 0 unspecified atom stereocenters. The molecule has 0 spiro atoms. The third-order valence-corrected chi connectivity index (χ3v) is 3.59. The predicted octanol–water partition coefficient (Wildman–Crippen LogP) is 3.68. The van der Waals surface area contributed by atoms with Gasteiger partial charge in [-0.05, 0) is 29.8 Å². The second kappa shape index (κ2) is 7.44. The van der Waals surface area contributed by atoms with Gasteiger partial charge in [0.2, 0.25) is 0 Å². The number of nitrogens with two attached hydrogens (primary N) is 1. The van der Waals surface area contributed by atoms with E-state index in [2.05, 4.69) is 15.6 Å². The predicted molar refractivity (Wildman–Crippen MR) is 96.2 cm³/mol. The zero-order valence-electron chi connectivity index (χ0n) is 13.4. The number of aromatic nitrogens is 1. The number of carbonyl (C=O) groups is 1. The van der Waals surface area contributed by atoms with Crippen molar-refractivity contribution in [2.24, 2.45) is 5.73 Å². The van der Waals surface area contributed by atoms with Crippen molar-refractivity contribution in [2.45, 2.75) is 6.54 Å². The molecule has 1 amide bonds. The summed E-state index contributed by atoms with van der Waals surface area (Å²) < 4.78 is 13.3. The number of nitrogens with zero attached hydrogens (tertiary/aromatic N) is 1. The number of rotatable bonds is 6. The van der Waals surface area contributed by atoms with Crippen molar-refractivity contribution in [1.29, 1.82) is 0 Å². The Balaban J connectivity index is 1.82. The van der Waals surface area contributed by atoms with Crippen LogP contribution in [0.15, 0.2) is 66.9 Å². The molecule has 6 heteroatoms. The molecule has 25 heavy (non-hydrogen) atoms. The first-order chi connectivity index (χ1) is 12.1. The third kappa shape index (κ3) is 4.32. The molecule has 0 radical (unpaired) electrons. The summed E-state index contributed by atoms with van der Waals surface area (Å²) in [4.78, 5) is 15.8. The molecule has 2 aromatic carbocycles. The van der Waals surface area contributed by atoms with Crippen LogP contribution in [0, 0.1) is 5.82 Å². The van der Waals surface area contributed by atoms with Crippen LogP contribution in [0.4, 0.5) is 21.6 Å². The van der Waals surface area contributed by atoms with Crippen molar-refractivity contribution in [2.75, 3.05) is 10.6 Å². The molecular formula is C19H17FN4O.